The lowest BCUT2D eigenvalue weighted by Gasteiger charge is -2.06. The van der Waals surface area contributed by atoms with E-state index in [1.807, 2.05) is 12.3 Å². The predicted molar refractivity (Wildman–Crippen MR) is 65.8 cm³/mol. The molecule has 1 N–H and O–H groups in total. The molecule has 0 saturated carbocycles. The van der Waals surface area contributed by atoms with Crippen molar-refractivity contribution in [3.8, 4) is 0 Å². The van der Waals surface area contributed by atoms with Gasteiger partial charge in [-0.3, -0.25) is 4.98 Å². The summed E-state index contributed by atoms with van der Waals surface area (Å²) >= 11 is 5.21. The number of aromatic amines is 1. The largest absolute Gasteiger partial charge is 0.349 e. The SMILES string of the molecule is CCc1c(Cc2cccnc2)[nH]cnc1=S. The number of rotatable bonds is 3. The molecule has 82 valence electrons. The molecule has 0 radical (unpaired) electrons. The van der Waals surface area contributed by atoms with Gasteiger partial charge < -0.3 is 4.98 Å². The third-order valence-electron chi connectivity index (χ3n) is 2.50. The van der Waals surface area contributed by atoms with Gasteiger partial charge in [0.05, 0.1) is 6.33 Å². The fraction of sp³-hybridized carbons (Fsp3) is 0.250. The third-order valence-corrected chi connectivity index (χ3v) is 2.85. The minimum absolute atomic E-state index is 0.695. The molecule has 0 aliphatic rings. The summed E-state index contributed by atoms with van der Waals surface area (Å²) in [5, 5.41) is 0. The van der Waals surface area contributed by atoms with Crippen LogP contribution in [0.4, 0.5) is 0 Å². The first-order valence-corrected chi connectivity index (χ1v) is 5.66. The topological polar surface area (TPSA) is 41.6 Å². The molecule has 0 aliphatic carbocycles. The Morgan fingerprint density at radius 2 is 2.31 bits per heavy atom. The van der Waals surface area contributed by atoms with Gasteiger partial charge in [-0.15, -0.1) is 0 Å². The van der Waals surface area contributed by atoms with Crippen molar-refractivity contribution in [2.45, 2.75) is 19.8 Å². The number of aromatic nitrogens is 3. The first kappa shape index (κ1) is 11.0. The molecule has 0 aromatic carbocycles. The van der Waals surface area contributed by atoms with E-state index in [0.717, 1.165) is 24.1 Å². The number of nitrogens with one attached hydrogen (secondary N) is 1. The second-order valence-electron chi connectivity index (χ2n) is 3.56. The van der Waals surface area contributed by atoms with E-state index in [1.54, 1.807) is 12.5 Å². The zero-order chi connectivity index (χ0) is 11.4. The number of hydrogen-bond donors (Lipinski definition) is 1. The molecule has 16 heavy (non-hydrogen) atoms. The van der Waals surface area contributed by atoms with Crippen molar-refractivity contribution < 1.29 is 0 Å². The lowest BCUT2D eigenvalue weighted by molar-refractivity contribution is 0.936. The van der Waals surface area contributed by atoms with E-state index in [4.69, 9.17) is 12.2 Å². The molecule has 4 heteroatoms. The standard InChI is InChI=1S/C12H13N3S/c1-2-10-11(14-8-15-12(10)16)6-9-4-3-5-13-7-9/h3-5,7-8H,2,6H2,1H3,(H,14,15,16). The Morgan fingerprint density at radius 1 is 1.44 bits per heavy atom. The second kappa shape index (κ2) is 4.99. The number of nitrogens with zero attached hydrogens (tertiary/aromatic N) is 2. The summed E-state index contributed by atoms with van der Waals surface area (Å²) < 4.78 is 0.695. The van der Waals surface area contributed by atoms with Gasteiger partial charge in [0.15, 0.2) is 0 Å². The number of H-pyrrole nitrogens is 1. The highest BCUT2D eigenvalue weighted by Crippen LogP contribution is 2.12. The molecule has 0 spiro atoms. The van der Waals surface area contributed by atoms with Crippen LogP contribution in [-0.2, 0) is 12.8 Å². The van der Waals surface area contributed by atoms with E-state index in [0.29, 0.717) is 4.64 Å². The van der Waals surface area contributed by atoms with Crippen molar-refractivity contribution in [3.05, 3.63) is 52.3 Å². The quantitative estimate of drug-likeness (QED) is 0.826. The smallest absolute Gasteiger partial charge is 0.132 e. The molecule has 2 aromatic rings. The fourth-order valence-electron chi connectivity index (χ4n) is 1.69. The number of hydrogen-bond acceptors (Lipinski definition) is 3. The molecular weight excluding hydrogens is 218 g/mol. The van der Waals surface area contributed by atoms with Crippen molar-refractivity contribution >= 4 is 12.2 Å². The normalized spacial score (nSPS) is 10.3. The Balaban J connectivity index is 2.35. The van der Waals surface area contributed by atoms with Crippen LogP contribution in [0.3, 0.4) is 0 Å². The summed E-state index contributed by atoms with van der Waals surface area (Å²) in [6, 6.07) is 4.00. The summed E-state index contributed by atoms with van der Waals surface area (Å²) in [6.07, 6.45) is 7.03. The van der Waals surface area contributed by atoms with E-state index in [2.05, 4.69) is 27.9 Å². The van der Waals surface area contributed by atoms with Crippen LogP contribution in [0.1, 0.15) is 23.7 Å². The fourth-order valence-corrected chi connectivity index (χ4v) is 2.01. The Kier molecular flexibility index (Phi) is 3.41. The van der Waals surface area contributed by atoms with Crippen LogP contribution in [0.25, 0.3) is 0 Å². The first-order chi connectivity index (χ1) is 7.81. The highest BCUT2D eigenvalue weighted by molar-refractivity contribution is 7.71. The van der Waals surface area contributed by atoms with Gasteiger partial charge in [0, 0.05) is 30.1 Å². The third kappa shape index (κ3) is 2.33. The van der Waals surface area contributed by atoms with Crippen LogP contribution in [0.15, 0.2) is 30.9 Å². The van der Waals surface area contributed by atoms with Gasteiger partial charge in [0.2, 0.25) is 0 Å². The average Bonchev–Trinajstić information content (AvgIpc) is 2.31. The average molecular weight is 231 g/mol. The lowest BCUT2D eigenvalue weighted by atomic mass is 10.1. The maximum absolute atomic E-state index is 5.21. The van der Waals surface area contributed by atoms with Crippen LogP contribution in [0.2, 0.25) is 0 Å². The van der Waals surface area contributed by atoms with Gasteiger partial charge in [0.25, 0.3) is 0 Å². The molecular formula is C12H13N3S. The minimum atomic E-state index is 0.695. The van der Waals surface area contributed by atoms with Gasteiger partial charge >= 0.3 is 0 Å². The molecule has 2 aromatic heterocycles. The zero-order valence-corrected chi connectivity index (χ0v) is 9.92. The van der Waals surface area contributed by atoms with Gasteiger partial charge in [-0.25, -0.2) is 4.98 Å². The van der Waals surface area contributed by atoms with Crippen molar-refractivity contribution in [1.29, 1.82) is 0 Å². The highest BCUT2D eigenvalue weighted by atomic mass is 32.1. The summed E-state index contributed by atoms with van der Waals surface area (Å²) in [4.78, 5) is 11.4. The Morgan fingerprint density at radius 3 is 3.00 bits per heavy atom. The summed E-state index contributed by atoms with van der Waals surface area (Å²) in [5.74, 6) is 0. The summed E-state index contributed by atoms with van der Waals surface area (Å²) in [6.45, 7) is 2.09. The van der Waals surface area contributed by atoms with Crippen LogP contribution >= 0.6 is 12.2 Å². The molecule has 2 heterocycles. The van der Waals surface area contributed by atoms with Crippen molar-refractivity contribution in [3.63, 3.8) is 0 Å². The molecule has 0 saturated heterocycles. The van der Waals surface area contributed by atoms with Gasteiger partial charge in [-0.05, 0) is 18.1 Å². The van der Waals surface area contributed by atoms with E-state index in [-0.39, 0.29) is 0 Å². The zero-order valence-electron chi connectivity index (χ0n) is 9.10. The first-order valence-electron chi connectivity index (χ1n) is 5.25. The molecule has 2 rings (SSSR count). The minimum Gasteiger partial charge on any atom is -0.349 e. The molecule has 0 atom stereocenters. The van der Waals surface area contributed by atoms with E-state index < -0.39 is 0 Å². The Bertz CT molecular complexity index is 519. The highest BCUT2D eigenvalue weighted by Gasteiger charge is 2.04. The van der Waals surface area contributed by atoms with Crippen LogP contribution in [0.5, 0.6) is 0 Å². The molecule has 0 amide bonds. The Labute approximate surface area is 99.6 Å². The molecule has 3 nitrogen and oxygen atoms in total. The van der Waals surface area contributed by atoms with E-state index >= 15 is 0 Å². The van der Waals surface area contributed by atoms with Crippen molar-refractivity contribution in [2.24, 2.45) is 0 Å². The molecule has 0 bridgehead atoms. The van der Waals surface area contributed by atoms with Crippen molar-refractivity contribution in [1.82, 2.24) is 15.0 Å². The van der Waals surface area contributed by atoms with Crippen LogP contribution in [0, 0.1) is 4.64 Å². The number of pyridine rings is 1. The van der Waals surface area contributed by atoms with Gasteiger partial charge in [-0.1, -0.05) is 25.2 Å². The maximum atomic E-state index is 5.21. The molecule has 0 aliphatic heterocycles. The Hall–Kier alpha value is -1.55. The monoisotopic (exact) mass is 231 g/mol. The predicted octanol–water partition coefficient (Wildman–Crippen LogP) is 2.69. The van der Waals surface area contributed by atoms with Gasteiger partial charge in [-0.2, -0.15) is 0 Å². The van der Waals surface area contributed by atoms with Crippen LogP contribution < -0.4 is 0 Å². The van der Waals surface area contributed by atoms with Crippen molar-refractivity contribution in [2.75, 3.05) is 0 Å². The van der Waals surface area contributed by atoms with E-state index in [9.17, 15) is 0 Å². The summed E-state index contributed by atoms with van der Waals surface area (Å²) in [7, 11) is 0. The lowest BCUT2D eigenvalue weighted by Crippen LogP contribution is -2.00. The van der Waals surface area contributed by atoms with Gasteiger partial charge in [0.1, 0.15) is 4.64 Å². The molecule has 0 unspecified atom stereocenters. The van der Waals surface area contributed by atoms with Crippen LogP contribution in [-0.4, -0.2) is 15.0 Å². The summed E-state index contributed by atoms with van der Waals surface area (Å²) in [5.41, 5.74) is 3.44. The van der Waals surface area contributed by atoms with E-state index in [1.165, 1.54) is 5.56 Å². The second-order valence-corrected chi connectivity index (χ2v) is 3.94. The molecule has 0 fully saturated rings. The maximum Gasteiger partial charge on any atom is 0.132 e.